The molecule has 27 heavy (non-hydrogen) atoms. The van der Waals surface area contributed by atoms with Gasteiger partial charge in [-0.15, -0.1) is 37.1 Å². The van der Waals surface area contributed by atoms with E-state index in [-0.39, 0.29) is 41.0 Å². The molecule has 1 unspecified atom stereocenters. The second-order valence-corrected chi connectivity index (χ2v) is 8.76. The largest absolute Gasteiger partial charge is 0.573 e. The van der Waals surface area contributed by atoms with E-state index in [0.29, 0.717) is 30.4 Å². The van der Waals surface area contributed by atoms with Crippen LogP contribution in [0.25, 0.3) is 0 Å². The Kier molecular flexibility index (Phi) is 11.3. The van der Waals surface area contributed by atoms with E-state index < -0.39 is 17.2 Å². The monoisotopic (exact) mass is 521 g/mol. The SMILES string of the molecule is CCNC(=NCc1ccccc1OC(F)(F)F)NCCS(=O)C(C)(C)C.I. The van der Waals surface area contributed by atoms with Crippen LogP contribution in [0.3, 0.4) is 0 Å². The lowest BCUT2D eigenvalue weighted by Crippen LogP contribution is -2.40. The number of hydrogen-bond acceptors (Lipinski definition) is 3. The molecular weight excluding hydrogens is 494 g/mol. The quantitative estimate of drug-likeness (QED) is 0.326. The zero-order chi connectivity index (χ0) is 19.8. The number of alkyl halides is 3. The Balaban J connectivity index is 0.00000676. The molecule has 0 bridgehead atoms. The Morgan fingerprint density at radius 3 is 2.37 bits per heavy atom. The molecule has 1 rings (SSSR count). The average Bonchev–Trinajstić information content (AvgIpc) is 2.51. The van der Waals surface area contributed by atoms with Gasteiger partial charge in [0.25, 0.3) is 0 Å². The maximum absolute atomic E-state index is 12.5. The fraction of sp³-hybridized carbons (Fsp3) is 0.588. The van der Waals surface area contributed by atoms with E-state index in [1.54, 1.807) is 6.07 Å². The van der Waals surface area contributed by atoms with Crippen molar-refractivity contribution >= 4 is 40.7 Å². The van der Waals surface area contributed by atoms with Crippen molar-refractivity contribution in [3.63, 3.8) is 0 Å². The molecule has 0 radical (unpaired) electrons. The van der Waals surface area contributed by atoms with Crippen molar-refractivity contribution in [1.29, 1.82) is 0 Å². The van der Waals surface area contributed by atoms with E-state index in [9.17, 15) is 17.4 Å². The van der Waals surface area contributed by atoms with Gasteiger partial charge in [0.05, 0.1) is 6.54 Å². The van der Waals surface area contributed by atoms with Gasteiger partial charge in [-0.3, -0.25) is 4.21 Å². The van der Waals surface area contributed by atoms with E-state index in [2.05, 4.69) is 20.4 Å². The summed E-state index contributed by atoms with van der Waals surface area (Å²) in [7, 11) is -1.00. The van der Waals surface area contributed by atoms with Crippen LogP contribution in [0.5, 0.6) is 5.75 Å². The molecule has 1 atom stereocenters. The molecule has 1 aromatic rings. The number of guanidine groups is 1. The average molecular weight is 521 g/mol. The lowest BCUT2D eigenvalue weighted by molar-refractivity contribution is -0.274. The Morgan fingerprint density at radius 2 is 1.81 bits per heavy atom. The normalized spacial score (nSPS) is 13.5. The van der Waals surface area contributed by atoms with Gasteiger partial charge in [0.15, 0.2) is 5.96 Å². The minimum atomic E-state index is -4.75. The van der Waals surface area contributed by atoms with E-state index in [0.717, 1.165) is 0 Å². The van der Waals surface area contributed by atoms with Crippen LogP contribution in [0.1, 0.15) is 33.3 Å². The van der Waals surface area contributed by atoms with E-state index in [1.807, 2.05) is 27.7 Å². The highest BCUT2D eigenvalue weighted by atomic mass is 127. The molecule has 0 spiro atoms. The zero-order valence-electron chi connectivity index (χ0n) is 15.9. The smallest absolute Gasteiger partial charge is 0.405 e. The third kappa shape index (κ3) is 10.8. The number of aliphatic imine (C=N–C) groups is 1. The number of nitrogens with zero attached hydrogens (tertiary/aromatic N) is 1. The van der Waals surface area contributed by atoms with Gasteiger partial charge in [-0.1, -0.05) is 18.2 Å². The predicted molar refractivity (Wildman–Crippen MR) is 114 cm³/mol. The first-order chi connectivity index (χ1) is 12.0. The van der Waals surface area contributed by atoms with Gasteiger partial charge in [0.2, 0.25) is 0 Å². The van der Waals surface area contributed by atoms with Crippen LogP contribution in [0.2, 0.25) is 0 Å². The fourth-order valence-corrected chi connectivity index (χ4v) is 2.83. The van der Waals surface area contributed by atoms with E-state index in [1.165, 1.54) is 18.2 Å². The van der Waals surface area contributed by atoms with Crippen molar-refractivity contribution in [2.45, 2.75) is 45.3 Å². The number of ether oxygens (including phenoxy) is 1. The van der Waals surface area contributed by atoms with Crippen LogP contribution in [-0.2, 0) is 17.3 Å². The number of halogens is 4. The summed E-state index contributed by atoms with van der Waals surface area (Å²) in [5.41, 5.74) is 0.320. The standard InChI is InChI=1S/C17H26F3N3O2S.HI/c1-5-21-15(22-10-11-26(24)16(2,3)4)23-12-13-8-6-7-9-14(13)25-17(18,19)20;/h6-9H,5,10-12H2,1-4H3,(H2,21,22,23);1H. The Labute approximate surface area is 178 Å². The lowest BCUT2D eigenvalue weighted by atomic mass is 10.2. The van der Waals surface area contributed by atoms with Crippen LogP contribution in [0, 0.1) is 0 Å². The van der Waals surface area contributed by atoms with Crippen LogP contribution in [0.15, 0.2) is 29.3 Å². The second-order valence-electron chi connectivity index (χ2n) is 6.44. The molecule has 10 heteroatoms. The number of nitrogens with one attached hydrogen (secondary N) is 2. The van der Waals surface area contributed by atoms with E-state index >= 15 is 0 Å². The minimum Gasteiger partial charge on any atom is -0.405 e. The summed E-state index contributed by atoms with van der Waals surface area (Å²) in [4.78, 5) is 4.28. The summed E-state index contributed by atoms with van der Waals surface area (Å²) in [5, 5.41) is 6.05. The highest BCUT2D eigenvalue weighted by Gasteiger charge is 2.31. The van der Waals surface area contributed by atoms with Crippen LogP contribution in [0.4, 0.5) is 13.2 Å². The highest BCUT2D eigenvalue weighted by Crippen LogP contribution is 2.26. The summed E-state index contributed by atoms with van der Waals surface area (Å²) in [5.74, 6) is 0.621. The van der Waals surface area contributed by atoms with Crippen molar-refractivity contribution in [2.24, 2.45) is 4.99 Å². The van der Waals surface area contributed by atoms with Gasteiger partial charge in [0.1, 0.15) is 5.75 Å². The molecular formula is C17H27F3IN3O2S. The Morgan fingerprint density at radius 1 is 1.19 bits per heavy atom. The summed E-state index contributed by atoms with van der Waals surface area (Å²) in [6.07, 6.45) is -4.75. The molecule has 5 nitrogen and oxygen atoms in total. The third-order valence-electron chi connectivity index (χ3n) is 3.21. The number of benzene rings is 1. The first-order valence-electron chi connectivity index (χ1n) is 8.27. The summed E-state index contributed by atoms with van der Waals surface area (Å²) < 4.78 is 53.2. The molecule has 0 aromatic heterocycles. The van der Waals surface area contributed by atoms with Gasteiger partial charge in [-0.2, -0.15) is 0 Å². The molecule has 2 N–H and O–H groups in total. The van der Waals surface area contributed by atoms with Gasteiger partial charge in [-0.05, 0) is 33.8 Å². The number of rotatable bonds is 7. The molecule has 0 amide bonds. The highest BCUT2D eigenvalue weighted by molar-refractivity contribution is 14.0. The lowest BCUT2D eigenvalue weighted by Gasteiger charge is -2.18. The van der Waals surface area contributed by atoms with Crippen LogP contribution in [-0.4, -0.2) is 40.1 Å². The summed E-state index contributed by atoms with van der Waals surface area (Å²) in [6.45, 7) is 8.64. The topological polar surface area (TPSA) is 62.7 Å². The molecule has 0 saturated heterocycles. The third-order valence-corrected chi connectivity index (χ3v) is 5.15. The van der Waals surface area contributed by atoms with Gasteiger partial charge in [0, 0.05) is 40.0 Å². The second kappa shape index (κ2) is 11.7. The molecule has 156 valence electrons. The molecule has 0 heterocycles. The molecule has 0 aliphatic heterocycles. The van der Waals surface area contributed by atoms with Crippen molar-refractivity contribution < 1.29 is 22.1 Å². The maximum atomic E-state index is 12.5. The number of hydrogen-bond donors (Lipinski definition) is 2. The molecule has 0 saturated carbocycles. The maximum Gasteiger partial charge on any atom is 0.573 e. The van der Waals surface area contributed by atoms with Crippen molar-refractivity contribution in [1.82, 2.24) is 10.6 Å². The summed E-state index contributed by atoms with van der Waals surface area (Å²) >= 11 is 0. The Hall–Kier alpha value is -1.04. The Bertz CT molecular complexity index is 635. The zero-order valence-corrected chi connectivity index (χ0v) is 19.0. The van der Waals surface area contributed by atoms with Gasteiger partial charge in [-0.25, -0.2) is 4.99 Å². The van der Waals surface area contributed by atoms with Gasteiger partial charge >= 0.3 is 6.36 Å². The minimum absolute atomic E-state index is 0. The van der Waals surface area contributed by atoms with Crippen molar-refractivity contribution in [2.75, 3.05) is 18.8 Å². The van der Waals surface area contributed by atoms with Crippen LogP contribution >= 0.6 is 24.0 Å². The van der Waals surface area contributed by atoms with Crippen LogP contribution < -0.4 is 15.4 Å². The molecule has 0 fully saturated rings. The van der Waals surface area contributed by atoms with E-state index in [4.69, 9.17) is 0 Å². The van der Waals surface area contributed by atoms with Crippen molar-refractivity contribution in [3.05, 3.63) is 29.8 Å². The fourth-order valence-electron chi connectivity index (χ4n) is 1.93. The molecule has 0 aliphatic carbocycles. The first-order valence-corrected chi connectivity index (χ1v) is 9.59. The van der Waals surface area contributed by atoms with Crippen molar-refractivity contribution in [3.8, 4) is 5.75 Å². The first kappa shape index (κ1) is 26.0. The van der Waals surface area contributed by atoms with Gasteiger partial charge < -0.3 is 15.4 Å². The molecule has 0 aliphatic rings. The number of para-hydroxylation sites is 1. The summed E-state index contributed by atoms with van der Waals surface area (Å²) in [6, 6.07) is 5.88. The molecule has 1 aromatic carbocycles. The predicted octanol–water partition coefficient (Wildman–Crippen LogP) is 3.81.